The van der Waals surface area contributed by atoms with Gasteiger partial charge >= 0.3 is 0 Å². The van der Waals surface area contributed by atoms with Crippen molar-refractivity contribution >= 4 is 15.5 Å². The molecule has 2 rings (SSSR count). The number of sulfone groups is 1. The predicted octanol–water partition coefficient (Wildman–Crippen LogP) is 0.245. The van der Waals surface area contributed by atoms with E-state index in [9.17, 15) is 17.2 Å². The molecule has 0 radical (unpaired) electrons. The molecule has 1 heterocycles. The van der Waals surface area contributed by atoms with Crippen LogP contribution in [0, 0.1) is 11.6 Å². The van der Waals surface area contributed by atoms with Crippen LogP contribution in [0.3, 0.4) is 0 Å². The lowest BCUT2D eigenvalue weighted by Crippen LogP contribution is -2.13. The summed E-state index contributed by atoms with van der Waals surface area (Å²) in [5.74, 6) is -1.99. The second-order valence-electron chi connectivity index (χ2n) is 4.21. The number of benzene rings is 1. The highest BCUT2D eigenvalue weighted by atomic mass is 32.2. The van der Waals surface area contributed by atoms with Crippen molar-refractivity contribution in [3.05, 3.63) is 23.8 Å². The van der Waals surface area contributed by atoms with Crippen molar-refractivity contribution in [3.8, 4) is 11.4 Å². The molecule has 20 heavy (non-hydrogen) atoms. The Labute approximate surface area is 113 Å². The lowest BCUT2D eigenvalue weighted by Gasteiger charge is -2.06. The van der Waals surface area contributed by atoms with Crippen molar-refractivity contribution in [1.82, 2.24) is 20.2 Å². The van der Waals surface area contributed by atoms with Gasteiger partial charge in [0, 0.05) is 12.3 Å². The molecular weight excluding hydrogens is 292 g/mol. The molecule has 2 aromatic rings. The molecule has 0 spiro atoms. The number of nitrogens with zero attached hydrogens (tertiary/aromatic N) is 4. The third-order valence-electron chi connectivity index (χ3n) is 2.53. The number of rotatable bonds is 4. The highest BCUT2D eigenvalue weighted by Gasteiger charge is 2.17. The first-order valence-electron chi connectivity index (χ1n) is 5.47. The Hall–Kier alpha value is -2.10. The number of nitrogens with two attached hydrogens (primary N) is 1. The van der Waals surface area contributed by atoms with Gasteiger partial charge in [-0.1, -0.05) is 0 Å². The molecule has 2 N–H and O–H groups in total. The molecule has 0 bridgehead atoms. The van der Waals surface area contributed by atoms with Crippen molar-refractivity contribution in [2.45, 2.75) is 6.54 Å². The molecule has 0 aliphatic heterocycles. The molecule has 0 aliphatic rings. The Balaban J connectivity index is 2.40. The zero-order valence-corrected chi connectivity index (χ0v) is 11.2. The zero-order chi connectivity index (χ0) is 14.9. The van der Waals surface area contributed by atoms with Crippen molar-refractivity contribution in [2.24, 2.45) is 0 Å². The Morgan fingerprint density at radius 1 is 1.30 bits per heavy atom. The zero-order valence-electron chi connectivity index (χ0n) is 10.4. The number of hydrogen-bond acceptors (Lipinski definition) is 6. The van der Waals surface area contributed by atoms with Crippen LogP contribution in [0.1, 0.15) is 0 Å². The van der Waals surface area contributed by atoms with Crippen molar-refractivity contribution < 1.29 is 17.2 Å². The summed E-state index contributed by atoms with van der Waals surface area (Å²) in [6, 6.07) is 1.69. The van der Waals surface area contributed by atoms with Gasteiger partial charge in [-0.2, -0.15) is 0 Å². The molecule has 1 aromatic heterocycles. The monoisotopic (exact) mass is 303 g/mol. The number of tetrazole rings is 1. The van der Waals surface area contributed by atoms with Gasteiger partial charge in [0.25, 0.3) is 0 Å². The molecular formula is C10H11F2N5O2S. The van der Waals surface area contributed by atoms with E-state index in [0.717, 1.165) is 17.0 Å². The summed E-state index contributed by atoms with van der Waals surface area (Å²) in [6.07, 6.45) is 1.06. The summed E-state index contributed by atoms with van der Waals surface area (Å²) < 4.78 is 50.2. The van der Waals surface area contributed by atoms with E-state index in [0.29, 0.717) is 6.07 Å². The summed E-state index contributed by atoms with van der Waals surface area (Å²) in [6.45, 7) is -0.0438. The first-order valence-corrected chi connectivity index (χ1v) is 7.53. The molecule has 0 fully saturated rings. The topological polar surface area (TPSA) is 104 Å². The van der Waals surface area contributed by atoms with Gasteiger partial charge in [-0.3, -0.25) is 0 Å². The van der Waals surface area contributed by atoms with Crippen LogP contribution < -0.4 is 5.73 Å². The summed E-state index contributed by atoms with van der Waals surface area (Å²) >= 11 is 0. The normalized spacial score (nSPS) is 11.8. The summed E-state index contributed by atoms with van der Waals surface area (Å²) in [5.41, 5.74) is 5.03. The smallest absolute Gasteiger partial charge is 0.185 e. The third-order valence-corrected chi connectivity index (χ3v) is 3.46. The highest BCUT2D eigenvalue weighted by Crippen LogP contribution is 2.24. The fraction of sp³-hybridized carbons (Fsp3) is 0.300. The predicted molar refractivity (Wildman–Crippen MR) is 67.3 cm³/mol. The minimum absolute atomic E-state index is 0.0159. The van der Waals surface area contributed by atoms with Crippen LogP contribution in [-0.2, 0) is 16.4 Å². The Bertz CT molecular complexity index is 744. The van der Waals surface area contributed by atoms with Gasteiger partial charge in [0.1, 0.15) is 21.5 Å². The van der Waals surface area contributed by atoms with Gasteiger partial charge in [0.2, 0.25) is 0 Å². The van der Waals surface area contributed by atoms with E-state index in [4.69, 9.17) is 5.73 Å². The van der Waals surface area contributed by atoms with Crippen molar-refractivity contribution in [3.63, 3.8) is 0 Å². The molecule has 0 amide bonds. The second kappa shape index (κ2) is 5.12. The number of anilines is 1. The number of aromatic nitrogens is 4. The molecule has 0 aliphatic carbocycles. The van der Waals surface area contributed by atoms with E-state index in [1.54, 1.807) is 0 Å². The molecule has 108 valence electrons. The van der Waals surface area contributed by atoms with Gasteiger partial charge in [-0.15, -0.1) is 5.10 Å². The SMILES string of the molecule is CS(=O)(=O)CCn1nnnc1-c1cc(N)c(F)cc1F. The molecule has 0 unspecified atom stereocenters. The summed E-state index contributed by atoms with van der Waals surface area (Å²) in [7, 11) is -3.22. The number of hydrogen-bond donors (Lipinski definition) is 1. The Morgan fingerprint density at radius 2 is 2.00 bits per heavy atom. The average molecular weight is 303 g/mol. The van der Waals surface area contributed by atoms with Gasteiger partial charge < -0.3 is 5.73 Å². The van der Waals surface area contributed by atoms with E-state index in [1.165, 1.54) is 0 Å². The summed E-state index contributed by atoms with van der Waals surface area (Å²) in [4.78, 5) is 0. The standard InChI is InChI=1S/C10H11F2N5O2S/c1-20(18,19)3-2-17-10(14-15-16-17)6-4-9(13)8(12)5-7(6)11/h4-5H,2-3,13H2,1H3. The minimum Gasteiger partial charge on any atom is -0.396 e. The lowest BCUT2D eigenvalue weighted by molar-refractivity contribution is 0.576. The maximum absolute atomic E-state index is 13.7. The number of halogens is 2. The van der Waals surface area contributed by atoms with E-state index in [1.807, 2.05) is 0 Å². The molecule has 0 saturated heterocycles. The average Bonchev–Trinajstić information content (AvgIpc) is 2.78. The van der Waals surface area contributed by atoms with Gasteiger partial charge in [-0.25, -0.2) is 21.9 Å². The van der Waals surface area contributed by atoms with E-state index in [2.05, 4.69) is 15.5 Å². The first kappa shape index (κ1) is 14.3. The molecule has 0 saturated carbocycles. The van der Waals surface area contributed by atoms with Gasteiger partial charge in [0.15, 0.2) is 5.82 Å². The van der Waals surface area contributed by atoms with Crippen LogP contribution in [0.4, 0.5) is 14.5 Å². The van der Waals surface area contributed by atoms with Crippen LogP contribution >= 0.6 is 0 Å². The fourth-order valence-corrected chi connectivity index (χ4v) is 2.04. The van der Waals surface area contributed by atoms with Crippen LogP contribution in [0.5, 0.6) is 0 Å². The van der Waals surface area contributed by atoms with E-state index in [-0.39, 0.29) is 29.4 Å². The Kier molecular flexibility index (Phi) is 3.66. The molecule has 7 nitrogen and oxygen atoms in total. The van der Waals surface area contributed by atoms with Crippen LogP contribution in [0.25, 0.3) is 11.4 Å². The van der Waals surface area contributed by atoms with Crippen LogP contribution in [0.2, 0.25) is 0 Å². The fourth-order valence-electron chi connectivity index (χ4n) is 1.54. The first-order chi connectivity index (χ1) is 9.28. The van der Waals surface area contributed by atoms with Gasteiger partial charge in [0.05, 0.1) is 23.5 Å². The second-order valence-corrected chi connectivity index (χ2v) is 6.47. The van der Waals surface area contributed by atoms with Gasteiger partial charge in [-0.05, 0) is 16.5 Å². The molecule has 1 aromatic carbocycles. The third kappa shape index (κ3) is 3.07. The maximum Gasteiger partial charge on any atom is 0.185 e. The van der Waals surface area contributed by atoms with Crippen molar-refractivity contribution in [2.75, 3.05) is 17.7 Å². The summed E-state index contributed by atoms with van der Waals surface area (Å²) in [5, 5.41) is 10.5. The lowest BCUT2D eigenvalue weighted by atomic mass is 10.1. The van der Waals surface area contributed by atoms with Crippen LogP contribution in [0.15, 0.2) is 12.1 Å². The van der Waals surface area contributed by atoms with E-state index >= 15 is 0 Å². The quantitative estimate of drug-likeness (QED) is 0.812. The van der Waals surface area contributed by atoms with E-state index < -0.39 is 21.5 Å². The maximum atomic E-state index is 13.7. The highest BCUT2D eigenvalue weighted by molar-refractivity contribution is 7.90. The largest absolute Gasteiger partial charge is 0.396 e. The number of aryl methyl sites for hydroxylation is 1. The number of nitrogen functional groups attached to an aromatic ring is 1. The Morgan fingerprint density at radius 3 is 2.65 bits per heavy atom. The minimum atomic E-state index is -3.22. The van der Waals surface area contributed by atoms with Crippen molar-refractivity contribution in [1.29, 1.82) is 0 Å². The van der Waals surface area contributed by atoms with Crippen LogP contribution in [-0.4, -0.2) is 40.6 Å². The molecule has 0 atom stereocenters. The molecule has 10 heteroatoms.